The van der Waals surface area contributed by atoms with E-state index in [0.29, 0.717) is 12.1 Å². The molecule has 20 heavy (non-hydrogen) atoms. The number of hydrogen-bond donors (Lipinski definition) is 1. The maximum Gasteiger partial charge on any atom is 0.0513 e. The first-order valence-electron chi connectivity index (χ1n) is 7.91. The van der Waals surface area contributed by atoms with Crippen LogP contribution in [0.5, 0.6) is 0 Å². The minimum atomic E-state index is 0.189. The zero-order chi connectivity index (χ0) is 14.5. The third-order valence-electron chi connectivity index (χ3n) is 4.56. The zero-order valence-corrected chi connectivity index (χ0v) is 14.3. The summed E-state index contributed by atoms with van der Waals surface area (Å²) in [6, 6.07) is 9.69. The molecule has 0 radical (unpaired) electrons. The Kier molecular flexibility index (Phi) is 6.06. The summed E-state index contributed by atoms with van der Waals surface area (Å²) >= 11 is 3.72. The van der Waals surface area contributed by atoms with Gasteiger partial charge in [0.1, 0.15) is 0 Å². The molecule has 1 aromatic carbocycles. The number of nitrogens with two attached hydrogens (primary N) is 1. The molecule has 3 unspecified atom stereocenters. The Hall–Kier alpha value is -0.380. The van der Waals surface area contributed by atoms with Crippen LogP contribution in [0.25, 0.3) is 0 Å². The monoisotopic (exact) mass is 338 g/mol. The van der Waals surface area contributed by atoms with Crippen LogP contribution in [-0.4, -0.2) is 23.5 Å². The smallest absolute Gasteiger partial charge is 0.0513 e. The van der Waals surface area contributed by atoms with Crippen LogP contribution < -0.4 is 5.73 Å². The quantitative estimate of drug-likeness (QED) is 0.876. The van der Waals surface area contributed by atoms with Gasteiger partial charge in [0.15, 0.2) is 0 Å². The van der Waals surface area contributed by atoms with E-state index in [-0.39, 0.29) is 6.04 Å². The molecule has 3 heteroatoms. The lowest BCUT2D eigenvalue weighted by molar-refractivity contribution is 0.124. The first kappa shape index (κ1) is 16.0. The van der Waals surface area contributed by atoms with Gasteiger partial charge in [0.2, 0.25) is 0 Å². The molecule has 0 amide bonds. The molecule has 112 valence electrons. The summed E-state index contributed by atoms with van der Waals surface area (Å²) in [6.07, 6.45) is 6.29. The highest BCUT2D eigenvalue weighted by Crippen LogP contribution is 2.34. The van der Waals surface area contributed by atoms with Gasteiger partial charge in [-0.2, -0.15) is 0 Å². The molecule has 2 nitrogen and oxygen atoms in total. The van der Waals surface area contributed by atoms with Crippen molar-refractivity contribution in [1.29, 1.82) is 0 Å². The highest BCUT2D eigenvalue weighted by Gasteiger charge is 2.30. The molecule has 1 aliphatic rings. The fourth-order valence-electron chi connectivity index (χ4n) is 3.30. The van der Waals surface area contributed by atoms with Gasteiger partial charge in [-0.15, -0.1) is 0 Å². The van der Waals surface area contributed by atoms with E-state index in [1.807, 2.05) is 0 Å². The summed E-state index contributed by atoms with van der Waals surface area (Å²) in [6.45, 7) is 5.72. The predicted octanol–water partition coefficient (Wildman–Crippen LogP) is 4.49. The second-order valence-corrected chi connectivity index (χ2v) is 6.83. The lowest BCUT2D eigenvalue weighted by Gasteiger charge is -2.39. The molecule has 0 spiro atoms. The largest absolute Gasteiger partial charge is 0.326 e. The van der Waals surface area contributed by atoms with Crippen LogP contribution in [0.2, 0.25) is 0 Å². The Morgan fingerprint density at radius 3 is 2.75 bits per heavy atom. The summed E-state index contributed by atoms with van der Waals surface area (Å²) < 4.78 is 1.19. The minimum Gasteiger partial charge on any atom is -0.326 e. The second kappa shape index (κ2) is 7.58. The normalized spacial score (nSPS) is 24.1. The van der Waals surface area contributed by atoms with Gasteiger partial charge in [-0.3, -0.25) is 4.90 Å². The van der Waals surface area contributed by atoms with Crippen LogP contribution >= 0.6 is 15.9 Å². The van der Waals surface area contributed by atoms with Crippen LogP contribution in [0, 0.1) is 0 Å². The van der Waals surface area contributed by atoms with Crippen molar-refractivity contribution in [2.24, 2.45) is 5.73 Å². The first-order valence-corrected chi connectivity index (χ1v) is 8.70. The standard InChI is InChI=1S/C17H27BrN2/c1-3-16(19)17(14-10-6-7-11-15(14)18)20-12-8-4-5-9-13(20)2/h6-7,10-11,13,16-17H,3-5,8-9,12,19H2,1-2H3. The average Bonchev–Trinajstić information content (AvgIpc) is 2.66. The third kappa shape index (κ3) is 3.63. The van der Waals surface area contributed by atoms with Gasteiger partial charge in [0.25, 0.3) is 0 Å². The molecule has 1 saturated heterocycles. The van der Waals surface area contributed by atoms with Crippen LogP contribution in [-0.2, 0) is 0 Å². The van der Waals surface area contributed by atoms with E-state index < -0.39 is 0 Å². The summed E-state index contributed by atoms with van der Waals surface area (Å²) in [5.41, 5.74) is 7.84. The molecule has 2 rings (SSSR count). The number of rotatable bonds is 4. The summed E-state index contributed by atoms with van der Waals surface area (Å²) in [5, 5.41) is 0. The molecule has 1 heterocycles. The second-order valence-electron chi connectivity index (χ2n) is 5.97. The number of nitrogens with zero attached hydrogens (tertiary/aromatic N) is 1. The number of likely N-dealkylation sites (tertiary alicyclic amines) is 1. The minimum absolute atomic E-state index is 0.189. The van der Waals surface area contributed by atoms with Gasteiger partial charge in [-0.05, 0) is 44.4 Å². The summed E-state index contributed by atoms with van der Waals surface area (Å²) in [5.74, 6) is 0. The van der Waals surface area contributed by atoms with Crippen LogP contribution in [0.3, 0.4) is 0 Å². The van der Waals surface area contributed by atoms with Crippen molar-refractivity contribution in [3.63, 3.8) is 0 Å². The summed E-state index contributed by atoms with van der Waals surface area (Å²) in [4.78, 5) is 2.64. The number of halogens is 1. The Labute approximate surface area is 131 Å². The third-order valence-corrected chi connectivity index (χ3v) is 5.28. The highest BCUT2D eigenvalue weighted by molar-refractivity contribution is 9.10. The molecule has 0 bridgehead atoms. The molecule has 1 fully saturated rings. The Morgan fingerprint density at radius 1 is 1.30 bits per heavy atom. The maximum atomic E-state index is 6.50. The Bertz CT molecular complexity index is 421. The topological polar surface area (TPSA) is 29.3 Å². The lowest BCUT2D eigenvalue weighted by atomic mass is 9.94. The van der Waals surface area contributed by atoms with E-state index in [1.165, 1.54) is 42.3 Å². The van der Waals surface area contributed by atoms with Crippen LogP contribution in [0.1, 0.15) is 57.6 Å². The van der Waals surface area contributed by atoms with Crippen LogP contribution in [0.4, 0.5) is 0 Å². The number of benzene rings is 1. The average molecular weight is 339 g/mol. The van der Waals surface area contributed by atoms with Crippen molar-refractivity contribution < 1.29 is 0 Å². The van der Waals surface area contributed by atoms with Gasteiger partial charge in [-0.25, -0.2) is 0 Å². The van der Waals surface area contributed by atoms with Gasteiger partial charge in [-0.1, -0.05) is 53.9 Å². The maximum absolute atomic E-state index is 6.50. The van der Waals surface area contributed by atoms with E-state index in [2.05, 4.69) is 58.9 Å². The molecular weight excluding hydrogens is 312 g/mol. The fraction of sp³-hybridized carbons (Fsp3) is 0.647. The zero-order valence-electron chi connectivity index (χ0n) is 12.7. The van der Waals surface area contributed by atoms with Gasteiger partial charge in [0, 0.05) is 16.6 Å². The number of hydrogen-bond acceptors (Lipinski definition) is 2. The molecule has 3 atom stereocenters. The molecule has 1 aliphatic heterocycles. The highest BCUT2D eigenvalue weighted by atomic mass is 79.9. The van der Waals surface area contributed by atoms with E-state index in [4.69, 9.17) is 5.73 Å². The van der Waals surface area contributed by atoms with Crippen molar-refractivity contribution in [3.8, 4) is 0 Å². The Morgan fingerprint density at radius 2 is 2.05 bits per heavy atom. The predicted molar refractivity (Wildman–Crippen MR) is 89.8 cm³/mol. The van der Waals surface area contributed by atoms with E-state index in [9.17, 15) is 0 Å². The Balaban J connectivity index is 2.34. The molecule has 0 saturated carbocycles. The first-order chi connectivity index (χ1) is 9.65. The van der Waals surface area contributed by atoms with Gasteiger partial charge >= 0.3 is 0 Å². The van der Waals surface area contributed by atoms with E-state index >= 15 is 0 Å². The SMILES string of the molecule is CCC(N)C(c1ccccc1Br)N1CCCCCC1C. The van der Waals surface area contributed by atoms with Crippen molar-refractivity contribution in [2.75, 3.05) is 6.54 Å². The molecule has 1 aromatic rings. The molecule has 0 aromatic heterocycles. The van der Waals surface area contributed by atoms with Gasteiger partial charge in [0.05, 0.1) is 6.04 Å². The van der Waals surface area contributed by atoms with E-state index in [0.717, 1.165) is 6.42 Å². The van der Waals surface area contributed by atoms with Crippen LogP contribution in [0.15, 0.2) is 28.7 Å². The molecule has 2 N–H and O–H groups in total. The molecular formula is C17H27BrN2. The van der Waals surface area contributed by atoms with E-state index in [1.54, 1.807) is 0 Å². The van der Waals surface area contributed by atoms with Gasteiger partial charge < -0.3 is 5.73 Å². The molecule has 0 aliphatic carbocycles. The van der Waals surface area contributed by atoms with Crippen molar-refractivity contribution in [2.45, 2.75) is 64.1 Å². The fourth-order valence-corrected chi connectivity index (χ4v) is 3.82. The van der Waals surface area contributed by atoms with Crippen molar-refractivity contribution in [1.82, 2.24) is 4.90 Å². The lowest BCUT2D eigenvalue weighted by Crippen LogP contribution is -2.45. The summed E-state index contributed by atoms with van der Waals surface area (Å²) in [7, 11) is 0. The van der Waals surface area contributed by atoms with Crippen molar-refractivity contribution >= 4 is 15.9 Å². The van der Waals surface area contributed by atoms with Crippen molar-refractivity contribution in [3.05, 3.63) is 34.3 Å².